The van der Waals surface area contributed by atoms with E-state index in [2.05, 4.69) is 5.32 Å². The summed E-state index contributed by atoms with van der Waals surface area (Å²) in [5, 5.41) is 3.00. The van der Waals surface area contributed by atoms with Crippen molar-refractivity contribution in [3.8, 4) is 0 Å². The SMILES string of the molecule is CNCCCN(C)CC(=O)c1cc(F)ccc1F. The lowest BCUT2D eigenvalue weighted by Gasteiger charge is -2.15. The predicted octanol–water partition coefficient (Wildman–Crippen LogP) is 1.69. The van der Waals surface area contributed by atoms with Crippen molar-refractivity contribution in [1.82, 2.24) is 10.2 Å². The van der Waals surface area contributed by atoms with E-state index in [0.717, 1.165) is 37.7 Å². The number of carbonyl (C=O) groups excluding carboxylic acids is 1. The van der Waals surface area contributed by atoms with E-state index in [1.165, 1.54) is 0 Å². The van der Waals surface area contributed by atoms with Gasteiger partial charge in [-0.1, -0.05) is 0 Å². The molecule has 1 rings (SSSR count). The molecule has 0 atom stereocenters. The second-order valence-corrected chi connectivity index (χ2v) is 4.24. The topological polar surface area (TPSA) is 32.3 Å². The Morgan fingerprint density at radius 1 is 1.39 bits per heavy atom. The quantitative estimate of drug-likeness (QED) is 0.595. The number of likely N-dealkylation sites (N-methyl/N-ethyl adjacent to an activating group) is 1. The van der Waals surface area contributed by atoms with Gasteiger partial charge in [-0.25, -0.2) is 8.78 Å². The zero-order valence-corrected chi connectivity index (χ0v) is 10.7. The highest BCUT2D eigenvalue weighted by Crippen LogP contribution is 2.10. The van der Waals surface area contributed by atoms with E-state index in [1.807, 2.05) is 7.05 Å². The molecule has 0 fully saturated rings. The van der Waals surface area contributed by atoms with Crippen LogP contribution in [-0.4, -0.2) is 44.4 Å². The molecule has 18 heavy (non-hydrogen) atoms. The number of rotatable bonds is 7. The average molecular weight is 256 g/mol. The third kappa shape index (κ3) is 4.50. The first-order valence-corrected chi connectivity index (χ1v) is 5.86. The Labute approximate surface area is 106 Å². The fourth-order valence-electron chi connectivity index (χ4n) is 1.65. The van der Waals surface area contributed by atoms with Crippen LogP contribution in [0.3, 0.4) is 0 Å². The van der Waals surface area contributed by atoms with Crippen LogP contribution in [0.1, 0.15) is 16.8 Å². The summed E-state index contributed by atoms with van der Waals surface area (Å²) in [6.07, 6.45) is 0.895. The van der Waals surface area contributed by atoms with E-state index < -0.39 is 17.4 Å². The average Bonchev–Trinajstić information content (AvgIpc) is 2.32. The number of nitrogens with one attached hydrogen (secondary N) is 1. The van der Waals surface area contributed by atoms with Gasteiger partial charge in [0.15, 0.2) is 5.78 Å². The molecule has 0 saturated carbocycles. The first-order valence-electron chi connectivity index (χ1n) is 5.86. The Morgan fingerprint density at radius 2 is 2.11 bits per heavy atom. The zero-order chi connectivity index (χ0) is 13.5. The summed E-state index contributed by atoms with van der Waals surface area (Å²) in [5.41, 5.74) is -0.185. The van der Waals surface area contributed by atoms with E-state index >= 15 is 0 Å². The molecule has 0 aromatic heterocycles. The van der Waals surface area contributed by atoms with Gasteiger partial charge < -0.3 is 5.32 Å². The van der Waals surface area contributed by atoms with Gasteiger partial charge >= 0.3 is 0 Å². The highest BCUT2D eigenvalue weighted by molar-refractivity contribution is 5.97. The van der Waals surface area contributed by atoms with Crippen LogP contribution in [0.4, 0.5) is 8.78 Å². The Balaban J connectivity index is 2.56. The summed E-state index contributed by atoms with van der Waals surface area (Å²) in [5.74, 6) is -1.68. The molecule has 0 unspecified atom stereocenters. The maximum absolute atomic E-state index is 13.4. The fraction of sp³-hybridized carbons (Fsp3) is 0.462. The predicted molar refractivity (Wildman–Crippen MR) is 66.7 cm³/mol. The minimum atomic E-state index is -0.676. The van der Waals surface area contributed by atoms with Gasteiger partial charge in [-0.2, -0.15) is 0 Å². The molecule has 5 heteroatoms. The van der Waals surface area contributed by atoms with Gasteiger partial charge in [0.25, 0.3) is 0 Å². The summed E-state index contributed by atoms with van der Waals surface area (Å²) < 4.78 is 26.3. The van der Waals surface area contributed by atoms with Crippen molar-refractivity contribution >= 4 is 5.78 Å². The van der Waals surface area contributed by atoms with Crippen LogP contribution in [0, 0.1) is 11.6 Å². The van der Waals surface area contributed by atoms with Crippen LogP contribution in [0.2, 0.25) is 0 Å². The Kier molecular flexibility index (Phi) is 5.88. The van der Waals surface area contributed by atoms with Crippen LogP contribution in [0.5, 0.6) is 0 Å². The molecule has 0 aliphatic rings. The number of nitrogens with zero attached hydrogens (tertiary/aromatic N) is 1. The van der Waals surface area contributed by atoms with E-state index in [-0.39, 0.29) is 12.1 Å². The van der Waals surface area contributed by atoms with E-state index in [4.69, 9.17) is 0 Å². The second kappa shape index (κ2) is 7.18. The maximum atomic E-state index is 13.4. The van der Waals surface area contributed by atoms with Crippen molar-refractivity contribution < 1.29 is 13.6 Å². The standard InChI is InChI=1S/C13H18F2N2O/c1-16-6-3-7-17(2)9-13(18)11-8-10(14)4-5-12(11)15/h4-5,8,16H,3,6-7,9H2,1-2H3. The number of hydrogen-bond acceptors (Lipinski definition) is 3. The molecule has 0 aliphatic heterocycles. The monoisotopic (exact) mass is 256 g/mol. The molecule has 0 bridgehead atoms. The third-order valence-corrected chi connectivity index (χ3v) is 2.61. The van der Waals surface area contributed by atoms with Gasteiger partial charge in [0.1, 0.15) is 11.6 Å². The van der Waals surface area contributed by atoms with Crippen molar-refractivity contribution in [2.24, 2.45) is 0 Å². The van der Waals surface area contributed by atoms with E-state index in [1.54, 1.807) is 11.9 Å². The van der Waals surface area contributed by atoms with Gasteiger partial charge in [0, 0.05) is 0 Å². The molecule has 0 saturated heterocycles. The number of Topliss-reactive ketones (excluding diaryl/α,β-unsaturated/α-hetero) is 1. The summed E-state index contributed by atoms with van der Waals surface area (Å²) >= 11 is 0. The van der Waals surface area contributed by atoms with Crippen LogP contribution >= 0.6 is 0 Å². The van der Waals surface area contributed by atoms with Gasteiger partial charge in [-0.15, -0.1) is 0 Å². The molecule has 1 aromatic carbocycles. The van der Waals surface area contributed by atoms with Crippen LogP contribution in [-0.2, 0) is 0 Å². The highest BCUT2D eigenvalue weighted by Gasteiger charge is 2.14. The molecular weight excluding hydrogens is 238 g/mol. The van der Waals surface area contributed by atoms with Gasteiger partial charge in [-0.3, -0.25) is 9.69 Å². The van der Waals surface area contributed by atoms with Crippen molar-refractivity contribution in [3.05, 3.63) is 35.4 Å². The largest absolute Gasteiger partial charge is 0.320 e. The first kappa shape index (κ1) is 14.7. The summed E-state index contributed by atoms with van der Waals surface area (Å²) in [6, 6.07) is 2.92. The molecule has 0 heterocycles. The lowest BCUT2D eigenvalue weighted by Crippen LogP contribution is -2.29. The van der Waals surface area contributed by atoms with Crippen molar-refractivity contribution in [2.45, 2.75) is 6.42 Å². The van der Waals surface area contributed by atoms with Crippen LogP contribution in [0.15, 0.2) is 18.2 Å². The lowest BCUT2D eigenvalue weighted by atomic mass is 10.1. The van der Waals surface area contributed by atoms with Crippen molar-refractivity contribution in [2.75, 3.05) is 33.7 Å². The molecule has 3 nitrogen and oxygen atoms in total. The second-order valence-electron chi connectivity index (χ2n) is 4.24. The first-order chi connectivity index (χ1) is 8.54. The molecule has 0 spiro atoms. The van der Waals surface area contributed by atoms with Crippen LogP contribution < -0.4 is 5.32 Å². The third-order valence-electron chi connectivity index (χ3n) is 2.61. The van der Waals surface area contributed by atoms with E-state index in [9.17, 15) is 13.6 Å². The molecule has 100 valence electrons. The van der Waals surface area contributed by atoms with Gasteiger partial charge in [0.05, 0.1) is 12.1 Å². The minimum Gasteiger partial charge on any atom is -0.320 e. The normalized spacial score (nSPS) is 10.9. The van der Waals surface area contributed by atoms with E-state index in [0.29, 0.717) is 0 Å². The summed E-state index contributed by atoms with van der Waals surface area (Å²) in [4.78, 5) is 13.6. The molecule has 0 radical (unpaired) electrons. The van der Waals surface area contributed by atoms with Crippen molar-refractivity contribution in [1.29, 1.82) is 0 Å². The summed E-state index contributed by atoms with van der Waals surface area (Å²) in [6.45, 7) is 1.67. The maximum Gasteiger partial charge on any atom is 0.179 e. The number of hydrogen-bond donors (Lipinski definition) is 1. The molecule has 1 aromatic rings. The Morgan fingerprint density at radius 3 is 2.78 bits per heavy atom. The number of carbonyl (C=O) groups is 1. The van der Waals surface area contributed by atoms with Gasteiger partial charge in [-0.05, 0) is 51.8 Å². The molecule has 0 amide bonds. The highest BCUT2D eigenvalue weighted by atomic mass is 19.1. The van der Waals surface area contributed by atoms with Crippen molar-refractivity contribution in [3.63, 3.8) is 0 Å². The molecule has 1 N–H and O–H groups in total. The molecular formula is C13H18F2N2O. The lowest BCUT2D eigenvalue weighted by molar-refractivity contribution is 0.0941. The number of ketones is 1. The number of benzene rings is 1. The van der Waals surface area contributed by atoms with Gasteiger partial charge in [0.2, 0.25) is 0 Å². The fourth-order valence-corrected chi connectivity index (χ4v) is 1.65. The summed E-state index contributed by atoms with van der Waals surface area (Å²) in [7, 11) is 3.64. The Hall–Kier alpha value is -1.33. The zero-order valence-electron chi connectivity index (χ0n) is 10.7. The number of halogens is 2. The minimum absolute atomic E-state index is 0.0874. The Bertz CT molecular complexity index is 410. The van der Waals surface area contributed by atoms with Crippen LogP contribution in [0.25, 0.3) is 0 Å². The smallest absolute Gasteiger partial charge is 0.179 e. The molecule has 0 aliphatic carbocycles.